The number of carbonyl (C=O) groups is 1. The van der Waals surface area contributed by atoms with Crippen molar-refractivity contribution in [3.8, 4) is 0 Å². The average Bonchev–Trinajstić information content (AvgIpc) is 2.38. The summed E-state index contributed by atoms with van der Waals surface area (Å²) in [5.41, 5.74) is 0. The third kappa shape index (κ3) is 3.97. The minimum absolute atomic E-state index is 0.195. The molecule has 0 saturated carbocycles. The van der Waals surface area contributed by atoms with Gasteiger partial charge in [-0.1, -0.05) is 26.0 Å². The van der Waals surface area contributed by atoms with Crippen LogP contribution in [0.2, 0.25) is 0 Å². The molecule has 0 unspecified atom stereocenters. The first-order chi connectivity index (χ1) is 7.50. The lowest BCUT2D eigenvalue weighted by molar-refractivity contribution is -0.143. The first-order valence-corrected chi connectivity index (χ1v) is 6.00. The van der Waals surface area contributed by atoms with Gasteiger partial charge < -0.3 is 9.84 Å². The highest BCUT2D eigenvalue weighted by atomic mass is 16.5. The summed E-state index contributed by atoms with van der Waals surface area (Å²) in [5.74, 6) is 0.675. The standard InChI is InChI=1S/C13H22O3/c1-9-4-6-12(13(15)7-5-9)10(2)8-16-11(3)14/h5,7,9-10,12-13,15H,4,6,8H2,1-3H3/t9-,10-,12-,13-/m0/s1. The van der Waals surface area contributed by atoms with Crippen LogP contribution in [0.1, 0.15) is 33.6 Å². The molecule has 92 valence electrons. The second kappa shape index (κ2) is 6.04. The van der Waals surface area contributed by atoms with Gasteiger partial charge in [0.2, 0.25) is 0 Å². The summed E-state index contributed by atoms with van der Waals surface area (Å²) in [6.45, 7) is 6.00. The molecule has 1 rings (SSSR count). The molecule has 0 heterocycles. The van der Waals surface area contributed by atoms with Crippen LogP contribution in [0, 0.1) is 17.8 Å². The fourth-order valence-corrected chi connectivity index (χ4v) is 2.16. The second-order valence-electron chi connectivity index (χ2n) is 4.87. The monoisotopic (exact) mass is 226 g/mol. The maximum absolute atomic E-state index is 10.7. The molecule has 0 aliphatic heterocycles. The van der Waals surface area contributed by atoms with Gasteiger partial charge in [-0.05, 0) is 30.6 Å². The molecular weight excluding hydrogens is 204 g/mol. The van der Waals surface area contributed by atoms with Gasteiger partial charge in [-0.3, -0.25) is 4.79 Å². The molecule has 3 nitrogen and oxygen atoms in total. The number of allylic oxidation sites excluding steroid dienone is 1. The van der Waals surface area contributed by atoms with Gasteiger partial charge in [0.15, 0.2) is 0 Å². The predicted octanol–water partition coefficient (Wildman–Crippen LogP) is 2.15. The summed E-state index contributed by atoms with van der Waals surface area (Å²) in [6, 6.07) is 0. The van der Waals surface area contributed by atoms with Crippen molar-refractivity contribution in [2.45, 2.75) is 39.7 Å². The molecule has 0 spiro atoms. The largest absolute Gasteiger partial charge is 0.466 e. The molecule has 4 atom stereocenters. The van der Waals surface area contributed by atoms with Crippen molar-refractivity contribution in [2.24, 2.45) is 17.8 Å². The van der Waals surface area contributed by atoms with E-state index in [1.165, 1.54) is 6.92 Å². The van der Waals surface area contributed by atoms with E-state index in [2.05, 4.69) is 13.0 Å². The van der Waals surface area contributed by atoms with Gasteiger partial charge in [-0.2, -0.15) is 0 Å². The van der Waals surface area contributed by atoms with Crippen molar-refractivity contribution in [1.82, 2.24) is 0 Å². The van der Waals surface area contributed by atoms with Crippen molar-refractivity contribution in [2.75, 3.05) is 6.61 Å². The zero-order valence-electron chi connectivity index (χ0n) is 10.3. The SMILES string of the molecule is CC(=O)OC[C@H](C)[C@@H]1CC[C@H](C)C=C[C@@H]1O. The van der Waals surface area contributed by atoms with E-state index < -0.39 is 6.10 Å². The summed E-state index contributed by atoms with van der Waals surface area (Å²) in [7, 11) is 0. The lowest BCUT2D eigenvalue weighted by atomic mass is 9.86. The third-order valence-electron chi connectivity index (χ3n) is 3.31. The second-order valence-corrected chi connectivity index (χ2v) is 4.87. The number of aliphatic hydroxyl groups excluding tert-OH is 1. The molecule has 0 radical (unpaired) electrons. The molecule has 16 heavy (non-hydrogen) atoms. The highest BCUT2D eigenvalue weighted by Crippen LogP contribution is 2.28. The predicted molar refractivity (Wildman–Crippen MR) is 62.8 cm³/mol. The van der Waals surface area contributed by atoms with Crippen LogP contribution in [0.15, 0.2) is 12.2 Å². The van der Waals surface area contributed by atoms with E-state index in [0.29, 0.717) is 12.5 Å². The van der Waals surface area contributed by atoms with Crippen LogP contribution in [-0.4, -0.2) is 23.8 Å². The molecule has 1 aliphatic carbocycles. The number of carbonyl (C=O) groups excluding carboxylic acids is 1. The van der Waals surface area contributed by atoms with Crippen LogP contribution in [0.25, 0.3) is 0 Å². The van der Waals surface area contributed by atoms with E-state index in [1.54, 1.807) is 0 Å². The van der Waals surface area contributed by atoms with Gasteiger partial charge in [0.25, 0.3) is 0 Å². The number of esters is 1. The van der Waals surface area contributed by atoms with Gasteiger partial charge in [-0.15, -0.1) is 0 Å². The van der Waals surface area contributed by atoms with Crippen LogP contribution in [0.3, 0.4) is 0 Å². The van der Waals surface area contributed by atoms with E-state index in [1.807, 2.05) is 13.0 Å². The zero-order valence-corrected chi connectivity index (χ0v) is 10.3. The average molecular weight is 226 g/mol. The van der Waals surface area contributed by atoms with Crippen LogP contribution in [0.5, 0.6) is 0 Å². The fraction of sp³-hybridized carbons (Fsp3) is 0.769. The smallest absolute Gasteiger partial charge is 0.302 e. The number of ether oxygens (including phenoxy) is 1. The Bertz CT molecular complexity index is 260. The normalized spacial score (nSPS) is 31.9. The Morgan fingerprint density at radius 3 is 2.81 bits per heavy atom. The first kappa shape index (κ1) is 13.2. The van der Waals surface area contributed by atoms with Crippen LogP contribution in [-0.2, 0) is 9.53 Å². The molecule has 0 fully saturated rings. The molecule has 0 aromatic rings. The Morgan fingerprint density at radius 1 is 1.50 bits per heavy atom. The Morgan fingerprint density at radius 2 is 2.19 bits per heavy atom. The van der Waals surface area contributed by atoms with Crippen molar-refractivity contribution in [1.29, 1.82) is 0 Å². The Balaban J connectivity index is 2.50. The quantitative estimate of drug-likeness (QED) is 0.592. The van der Waals surface area contributed by atoms with E-state index in [0.717, 1.165) is 12.8 Å². The number of hydrogen-bond acceptors (Lipinski definition) is 3. The van der Waals surface area contributed by atoms with E-state index in [9.17, 15) is 9.90 Å². The Hall–Kier alpha value is -0.830. The summed E-state index contributed by atoms with van der Waals surface area (Å²) in [5, 5.41) is 9.98. The van der Waals surface area contributed by atoms with Crippen molar-refractivity contribution in [3.63, 3.8) is 0 Å². The maximum Gasteiger partial charge on any atom is 0.302 e. The number of rotatable bonds is 3. The summed E-state index contributed by atoms with van der Waals surface area (Å²) in [4.78, 5) is 10.7. The summed E-state index contributed by atoms with van der Waals surface area (Å²) >= 11 is 0. The van der Waals surface area contributed by atoms with Gasteiger partial charge in [-0.25, -0.2) is 0 Å². The molecule has 0 saturated heterocycles. The first-order valence-electron chi connectivity index (χ1n) is 6.00. The molecule has 0 bridgehead atoms. The minimum atomic E-state index is -0.407. The molecule has 0 aromatic heterocycles. The molecule has 3 heteroatoms. The third-order valence-corrected chi connectivity index (χ3v) is 3.31. The molecule has 0 aromatic carbocycles. The lowest BCUT2D eigenvalue weighted by Crippen LogP contribution is -2.27. The molecular formula is C13H22O3. The summed E-state index contributed by atoms with van der Waals surface area (Å²) in [6.07, 6.45) is 5.62. The van der Waals surface area contributed by atoms with Crippen LogP contribution >= 0.6 is 0 Å². The van der Waals surface area contributed by atoms with Crippen molar-refractivity contribution >= 4 is 5.97 Å². The van der Waals surface area contributed by atoms with Gasteiger partial charge >= 0.3 is 5.97 Å². The van der Waals surface area contributed by atoms with E-state index in [4.69, 9.17) is 4.74 Å². The molecule has 1 N–H and O–H groups in total. The Kier molecular flexibility index (Phi) is 5.00. The van der Waals surface area contributed by atoms with Gasteiger partial charge in [0, 0.05) is 6.92 Å². The van der Waals surface area contributed by atoms with E-state index >= 15 is 0 Å². The van der Waals surface area contributed by atoms with E-state index in [-0.39, 0.29) is 17.8 Å². The minimum Gasteiger partial charge on any atom is -0.466 e. The van der Waals surface area contributed by atoms with Gasteiger partial charge in [0.05, 0.1) is 12.7 Å². The highest BCUT2D eigenvalue weighted by Gasteiger charge is 2.26. The molecule has 0 amide bonds. The van der Waals surface area contributed by atoms with Gasteiger partial charge in [0.1, 0.15) is 0 Å². The topological polar surface area (TPSA) is 46.5 Å². The van der Waals surface area contributed by atoms with Crippen molar-refractivity contribution < 1.29 is 14.6 Å². The maximum atomic E-state index is 10.7. The summed E-state index contributed by atoms with van der Waals surface area (Å²) < 4.78 is 5.00. The zero-order chi connectivity index (χ0) is 12.1. The van der Waals surface area contributed by atoms with Crippen LogP contribution in [0.4, 0.5) is 0 Å². The Labute approximate surface area is 97.5 Å². The van der Waals surface area contributed by atoms with Crippen LogP contribution < -0.4 is 0 Å². The number of hydrogen-bond donors (Lipinski definition) is 1. The highest BCUT2D eigenvalue weighted by molar-refractivity contribution is 5.65. The number of aliphatic hydroxyl groups is 1. The molecule has 1 aliphatic rings. The lowest BCUT2D eigenvalue weighted by Gasteiger charge is -2.25. The van der Waals surface area contributed by atoms with Crippen molar-refractivity contribution in [3.05, 3.63) is 12.2 Å². The fourth-order valence-electron chi connectivity index (χ4n) is 2.16.